The zero-order valence-electron chi connectivity index (χ0n) is 9.29. The number of halogens is 3. The van der Waals surface area contributed by atoms with Gasteiger partial charge in [0.15, 0.2) is 0 Å². The molecular weight excluding hydrogens is 245 g/mol. The third kappa shape index (κ3) is 6.29. The first-order valence-corrected chi connectivity index (χ1v) is 6.44. The molecule has 0 aliphatic rings. The van der Waals surface area contributed by atoms with Crippen molar-refractivity contribution < 1.29 is 21.6 Å². The Morgan fingerprint density at radius 3 is 2.12 bits per heavy atom. The Morgan fingerprint density at radius 2 is 1.81 bits per heavy atom. The molecule has 2 N–H and O–H groups in total. The normalized spacial score (nSPS) is 13.8. The van der Waals surface area contributed by atoms with Crippen molar-refractivity contribution in [2.24, 2.45) is 11.7 Å². The third-order valence-electron chi connectivity index (χ3n) is 1.67. The molecule has 0 unspecified atom stereocenters. The smallest absolute Gasteiger partial charge is 0.329 e. The largest absolute Gasteiger partial charge is 0.402 e. The van der Waals surface area contributed by atoms with Crippen molar-refractivity contribution in [3.05, 3.63) is 0 Å². The highest BCUT2D eigenvalue weighted by Crippen LogP contribution is 2.19. The summed E-state index contributed by atoms with van der Waals surface area (Å²) in [5, 5.41) is 0. The van der Waals surface area contributed by atoms with Crippen molar-refractivity contribution in [1.29, 1.82) is 0 Å². The van der Waals surface area contributed by atoms with Crippen LogP contribution in [0.25, 0.3) is 0 Å². The molecule has 0 atom stereocenters. The van der Waals surface area contributed by atoms with Gasteiger partial charge in [0.2, 0.25) is 10.0 Å². The summed E-state index contributed by atoms with van der Waals surface area (Å²) in [4.78, 5) is 0. The predicted molar refractivity (Wildman–Crippen MR) is 55.3 cm³/mol. The quantitative estimate of drug-likeness (QED) is 0.770. The summed E-state index contributed by atoms with van der Waals surface area (Å²) in [5.74, 6) is -0.526. The molecule has 0 fully saturated rings. The van der Waals surface area contributed by atoms with Crippen molar-refractivity contribution in [3.63, 3.8) is 0 Å². The van der Waals surface area contributed by atoms with Gasteiger partial charge in [-0.25, -0.2) is 8.42 Å². The second kappa shape index (κ2) is 5.83. The molecule has 0 heterocycles. The van der Waals surface area contributed by atoms with Gasteiger partial charge in [-0.15, -0.1) is 0 Å². The van der Waals surface area contributed by atoms with Crippen molar-refractivity contribution in [1.82, 2.24) is 4.31 Å². The fourth-order valence-electron chi connectivity index (χ4n) is 1.19. The second-order valence-electron chi connectivity index (χ2n) is 3.91. The summed E-state index contributed by atoms with van der Waals surface area (Å²) in [6, 6.07) is 0. The van der Waals surface area contributed by atoms with E-state index in [0.717, 1.165) is 0 Å². The molecular formula is C8H17F3N2O2S. The Bertz CT molecular complexity index is 301. The Labute approximate surface area is 93.7 Å². The molecule has 0 rings (SSSR count). The van der Waals surface area contributed by atoms with E-state index in [0.29, 0.717) is 4.31 Å². The summed E-state index contributed by atoms with van der Waals surface area (Å²) in [7, 11) is -3.88. The third-order valence-corrected chi connectivity index (χ3v) is 3.86. The van der Waals surface area contributed by atoms with Gasteiger partial charge in [0.25, 0.3) is 0 Å². The lowest BCUT2D eigenvalue weighted by molar-refractivity contribution is -0.136. The summed E-state index contributed by atoms with van der Waals surface area (Å²) < 4.78 is 60.0. The number of nitrogens with zero attached hydrogens (tertiary/aromatic N) is 1. The van der Waals surface area contributed by atoms with Gasteiger partial charge in [-0.1, -0.05) is 13.8 Å². The van der Waals surface area contributed by atoms with Gasteiger partial charge in [-0.05, 0) is 5.92 Å². The Hall–Kier alpha value is -0.340. The predicted octanol–water partition coefficient (Wildman–Crippen LogP) is 0.795. The Kier molecular flexibility index (Phi) is 5.71. The standard InChI is InChI=1S/C8H17F3N2O2S/c1-7(2)5-16(14,15)13(4-3-12)6-8(9,10)11/h7H,3-6,12H2,1-2H3. The van der Waals surface area contributed by atoms with Crippen LogP contribution < -0.4 is 5.73 Å². The van der Waals surface area contributed by atoms with Crippen LogP contribution in [0.4, 0.5) is 13.2 Å². The first kappa shape index (κ1) is 15.7. The van der Waals surface area contributed by atoms with Crippen LogP contribution in [0.3, 0.4) is 0 Å². The first-order valence-electron chi connectivity index (χ1n) is 4.83. The maximum atomic E-state index is 12.1. The van der Waals surface area contributed by atoms with Crippen LogP contribution in [0, 0.1) is 5.92 Å². The van der Waals surface area contributed by atoms with Gasteiger partial charge in [0.05, 0.1) is 5.75 Å². The Morgan fingerprint density at radius 1 is 1.31 bits per heavy atom. The minimum atomic E-state index is -4.54. The van der Waals surface area contributed by atoms with Crippen LogP contribution in [0.5, 0.6) is 0 Å². The molecule has 8 heteroatoms. The summed E-state index contributed by atoms with van der Waals surface area (Å²) in [6.45, 7) is 1.35. The van der Waals surface area contributed by atoms with Crippen LogP contribution in [0.1, 0.15) is 13.8 Å². The summed E-state index contributed by atoms with van der Waals surface area (Å²) >= 11 is 0. The molecule has 0 spiro atoms. The first-order chi connectivity index (χ1) is 7.08. The fraction of sp³-hybridized carbons (Fsp3) is 1.00. The van der Waals surface area contributed by atoms with Gasteiger partial charge in [-0.2, -0.15) is 17.5 Å². The van der Waals surface area contributed by atoms with Crippen LogP contribution >= 0.6 is 0 Å². The molecule has 98 valence electrons. The van der Waals surface area contributed by atoms with Crippen LogP contribution in [0.15, 0.2) is 0 Å². The van der Waals surface area contributed by atoms with Crippen molar-refractivity contribution in [3.8, 4) is 0 Å². The lowest BCUT2D eigenvalue weighted by Gasteiger charge is -2.23. The number of hydrogen-bond acceptors (Lipinski definition) is 3. The lowest BCUT2D eigenvalue weighted by Crippen LogP contribution is -2.43. The minimum absolute atomic E-state index is 0.132. The van der Waals surface area contributed by atoms with E-state index in [9.17, 15) is 21.6 Å². The van der Waals surface area contributed by atoms with Crippen molar-refractivity contribution >= 4 is 10.0 Å². The molecule has 0 aromatic rings. The molecule has 0 aliphatic heterocycles. The molecule has 0 amide bonds. The maximum Gasteiger partial charge on any atom is 0.402 e. The van der Waals surface area contributed by atoms with E-state index in [-0.39, 0.29) is 24.8 Å². The van der Waals surface area contributed by atoms with E-state index < -0.39 is 22.7 Å². The Balaban J connectivity index is 4.77. The van der Waals surface area contributed by atoms with E-state index in [4.69, 9.17) is 5.73 Å². The molecule has 0 radical (unpaired) electrons. The maximum absolute atomic E-state index is 12.1. The number of alkyl halides is 3. The number of rotatable bonds is 6. The number of hydrogen-bond donors (Lipinski definition) is 1. The SMILES string of the molecule is CC(C)CS(=O)(=O)N(CCN)CC(F)(F)F. The van der Waals surface area contributed by atoms with E-state index in [1.165, 1.54) is 0 Å². The van der Waals surface area contributed by atoms with Gasteiger partial charge in [0.1, 0.15) is 6.54 Å². The van der Waals surface area contributed by atoms with Gasteiger partial charge in [-0.3, -0.25) is 0 Å². The van der Waals surface area contributed by atoms with Crippen molar-refractivity contribution in [2.75, 3.05) is 25.4 Å². The molecule has 0 aromatic heterocycles. The van der Waals surface area contributed by atoms with E-state index in [1.54, 1.807) is 13.8 Å². The molecule has 4 nitrogen and oxygen atoms in total. The highest BCUT2D eigenvalue weighted by molar-refractivity contribution is 7.89. The molecule has 0 saturated heterocycles. The highest BCUT2D eigenvalue weighted by atomic mass is 32.2. The van der Waals surface area contributed by atoms with E-state index in [2.05, 4.69) is 0 Å². The zero-order valence-corrected chi connectivity index (χ0v) is 10.1. The van der Waals surface area contributed by atoms with E-state index in [1.807, 2.05) is 0 Å². The van der Waals surface area contributed by atoms with Gasteiger partial charge >= 0.3 is 6.18 Å². The average Bonchev–Trinajstić information content (AvgIpc) is 1.98. The topological polar surface area (TPSA) is 63.4 Å². The average molecular weight is 262 g/mol. The highest BCUT2D eigenvalue weighted by Gasteiger charge is 2.35. The van der Waals surface area contributed by atoms with Gasteiger partial charge < -0.3 is 5.73 Å². The lowest BCUT2D eigenvalue weighted by atomic mass is 10.3. The summed E-state index contributed by atoms with van der Waals surface area (Å²) in [6.07, 6.45) is -4.54. The molecule has 16 heavy (non-hydrogen) atoms. The minimum Gasteiger partial charge on any atom is -0.329 e. The molecule has 0 saturated carbocycles. The fourth-order valence-corrected chi connectivity index (χ4v) is 2.97. The van der Waals surface area contributed by atoms with Gasteiger partial charge in [0, 0.05) is 13.1 Å². The summed E-state index contributed by atoms with van der Waals surface area (Å²) in [5.41, 5.74) is 5.10. The molecule has 0 aliphatic carbocycles. The van der Waals surface area contributed by atoms with Crippen LogP contribution in [-0.4, -0.2) is 44.3 Å². The van der Waals surface area contributed by atoms with Crippen LogP contribution in [-0.2, 0) is 10.0 Å². The molecule has 0 bridgehead atoms. The molecule has 0 aromatic carbocycles. The van der Waals surface area contributed by atoms with Crippen LogP contribution in [0.2, 0.25) is 0 Å². The zero-order chi connectivity index (χ0) is 13.0. The van der Waals surface area contributed by atoms with E-state index >= 15 is 0 Å². The second-order valence-corrected chi connectivity index (χ2v) is 5.92. The monoisotopic (exact) mass is 262 g/mol. The number of nitrogens with two attached hydrogens (primary N) is 1. The van der Waals surface area contributed by atoms with Crippen molar-refractivity contribution in [2.45, 2.75) is 20.0 Å². The number of sulfonamides is 1.